The van der Waals surface area contributed by atoms with E-state index in [0.29, 0.717) is 0 Å². The van der Waals surface area contributed by atoms with Gasteiger partial charge in [-0.25, -0.2) is 0 Å². The zero-order chi connectivity index (χ0) is 8.91. The highest BCUT2D eigenvalue weighted by atomic mass is 31.2. The van der Waals surface area contributed by atoms with Crippen LogP contribution in [0.2, 0.25) is 0 Å². The molecule has 0 saturated carbocycles. The highest BCUT2D eigenvalue weighted by Gasteiger charge is 2.15. The van der Waals surface area contributed by atoms with Crippen LogP contribution < -0.4 is 4.89 Å². The first kappa shape index (κ1) is 10.5. The van der Waals surface area contributed by atoms with E-state index in [-0.39, 0.29) is 6.61 Å². The molecule has 0 saturated heterocycles. The molecular formula is C4H9N3O3P-. The molecule has 0 aliphatic carbocycles. The van der Waals surface area contributed by atoms with E-state index in [9.17, 15) is 9.46 Å². The monoisotopic (exact) mass is 178 g/mol. The molecule has 2 atom stereocenters. The van der Waals surface area contributed by atoms with Gasteiger partial charge in [-0.2, -0.15) is 0 Å². The first-order chi connectivity index (χ1) is 5.04. The van der Waals surface area contributed by atoms with E-state index in [1.165, 1.54) is 6.92 Å². The SMILES string of the molecule is CCOP(=O)([O-])C(C)N=[N+]=[N-]. The third-order valence-corrected chi connectivity index (χ3v) is 2.62. The lowest BCUT2D eigenvalue weighted by atomic mass is 10.8. The molecule has 0 rings (SSSR count). The van der Waals surface area contributed by atoms with Crippen LogP contribution >= 0.6 is 7.60 Å². The van der Waals surface area contributed by atoms with Gasteiger partial charge >= 0.3 is 0 Å². The second-order valence-corrected chi connectivity index (χ2v) is 3.88. The maximum Gasteiger partial charge on any atom is 0.143 e. The zero-order valence-corrected chi connectivity index (χ0v) is 7.19. The van der Waals surface area contributed by atoms with Gasteiger partial charge in [-0.1, -0.05) is 5.11 Å². The van der Waals surface area contributed by atoms with Gasteiger partial charge in [0.2, 0.25) is 0 Å². The summed E-state index contributed by atoms with van der Waals surface area (Å²) in [6.45, 7) is 2.88. The molecule has 0 spiro atoms. The first-order valence-electron chi connectivity index (χ1n) is 3.04. The second-order valence-electron chi connectivity index (χ2n) is 1.79. The van der Waals surface area contributed by atoms with E-state index < -0.39 is 13.4 Å². The average Bonchev–Trinajstić information content (AvgIpc) is 1.88. The quantitative estimate of drug-likeness (QED) is 0.280. The molecule has 0 aromatic heterocycles. The molecule has 7 heteroatoms. The number of rotatable bonds is 4. The van der Waals surface area contributed by atoms with E-state index in [2.05, 4.69) is 14.5 Å². The summed E-state index contributed by atoms with van der Waals surface area (Å²) in [6, 6.07) is 0. The third-order valence-electron chi connectivity index (χ3n) is 0.985. The maximum atomic E-state index is 10.9. The summed E-state index contributed by atoms with van der Waals surface area (Å²) in [5, 5.41) is 2.99. The Kier molecular flexibility index (Phi) is 4.15. The van der Waals surface area contributed by atoms with Crippen molar-refractivity contribution in [2.24, 2.45) is 5.11 Å². The Bertz CT molecular complexity index is 213. The Balaban J connectivity index is 4.28. The minimum absolute atomic E-state index is 0.0616. The molecule has 0 aliphatic rings. The minimum atomic E-state index is -3.97. The maximum absolute atomic E-state index is 10.9. The molecule has 64 valence electrons. The highest BCUT2D eigenvalue weighted by molar-refractivity contribution is 7.52. The van der Waals surface area contributed by atoms with Crippen molar-refractivity contribution in [2.75, 3.05) is 6.61 Å². The van der Waals surface area contributed by atoms with Gasteiger partial charge in [-0.15, -0.1) is 0 Å². The molecule has 0 aromatic rings. The Labute approximate surface area is 64.3 Å². The summed E-state index contributed by atoms with van der Waals surface area (Å²) >= 11 is 0. The van der Waals surface area contributed by atoms with Crippen molar-refractivity contribution >= 4 is 7.60 Å². The molecule has 0 heterocycles. The largest absolute Gasteiger partial charge is 0.778 e. The first-order valence-corrected chi connectivity index (χ1v) is 4.65. The van der Waals surface area contributed by atoms with Gasteiger partial charge in [-0.3, -0.25) is 0 Å². The predicted molar refractivity (Wildman–Crippen MR) is 37.8 cm³/mol. The van der Waals surface area contributed by atoms with Gasteiger partial charge in [0.15, 0.2) is 0 Å². The summed E-state index contributed by atoms with van der Waals surface area (Å²) in [5.74, 6) is -1.13. The summed E-state index contributed by atoms with van der Waals surface area (Å²) in [4.78, 5) is 13.2. The van der Waals surface area contributed by atoms with Crippen LogP contribution in [0.5, 0.6) is 0 Å². The lowest BCUT2D eigenvalue weighted by Gasteiger charge is -2.25. The van der Waals surface area contributed by atoms with Crippen molar-refractivity contribution in [3.63, 3.8) is 0 Å². The Hall–Kier alpha value is -0.540. The van der Waals surface area contributed by atoms with E-state index in [1.54, 1.807) is 6.92 Å². The molecule has 0 radical (unpaired) electrons. The molecule has 0 N–H and O–H groups in total. The van der Waals surface area contributed by atoms with Crippen molar-refractivity contribution in [3.8, 4) is 0 Å². The summed E-state index contributed by atoms with van der Waals surface area (Å²) in [6.07, 6.45) is 0. The van der Waals surface area contributed by atoms with Crippen LogP contribution in [-0.2, 0) is 9.09 Å². The van der Waals surface area contributed by atoms with Gasteiger partial charge in [0.25, 0.3) is 0 Å². The van der Waals surface area contributed by atoms with Crippen LogP contribution in [0.1, 0.15) is 13.8 Å². The van der Waals surface area contributed by atoms with Gasteiger partial charge in [0.05, 0.1) is 12.4 Å². The van der Waals surface area contributed by atoms with Crippen molar-refractivity contribution in [3.05, 3.63) is 10.4 Å². The number of nitrogens with zero attached hydrogens (tertiary/aromatic N) is 3. The molecule has 0 aliphatic heterocycles. The van der Waals surface area contributed by atoms with Crippen molar-refractivity contribution in [1.82, 2.24) is 0 Å². The topological polar surface area (TPSA) is 98.1 Å². The lowest BCUT2D eigenvalue weighted by Crippen LogP contribution is -2.14. The minimum Gasteiger partial charge on any atom is -0.778 e. The Morgan fingerprint density at radius 3 is 2.82 bits per heavy atom. The van der Waals surface area contributed by atoms with E-state index >= 15 is 0 Å². The summed E-state index contributed by atoms with van der Waals surface area (Å²) in [7, 11) is -3.97. The standard InChI is InChI=1S/C4H10N3O3P/c1-3-10-11(8,9)4(2)6-7-5/h4H,3H2,1-2H3,(H,8,9)/p-1. The molecule has 6 nitrogen and oxygen atoms in total. The Morgan fingerprint density at radius 2 is 2.45 bits per heavy atom. The number of hydrogen-bond acceptors (Lipinski definition) is 4. The fourth-order valence-corrected chi connectivity index (χ4v) is 1.17. The van der Waals surface area contributed by atoms with Crippen LogP contribution in [0, 0.1) is 0 Å². The zero-order valence-electron chi connectivity index (χ0n) is 6.30. The second kappa shape index (κ2) is 4.36. The van der Waals surface area contributed by atoms with Crippen LogP contribution in [0.3, 0.4) is 0 Å². The molecule has 2 unspecified atom stereocenters. The Morgan fingerprint density at radius 1 is 1.91 bits per heavy atom. The summed E-state index contributed by atoms with van der Waals surface area (Å²) in [5.41, 5.74) is 7.91. The fraction of sp³-hybridized carbons (Fsp3) is 1.00. The van der Waals surface area contributed by atoms with Crippen molar-refractivity contribution < 1.29 is 14.0 Å². The van der Waals surface area contributed by atoms with E-state index in [4.69, 9.17) is 5.53 Å². The molecule has 0 bridgehead atoms. The van der Waals surface area contributed by atoms with Gasteiger partial charge < -0.3 is 14.0 Å². The van der Waals surface area contributed by atoms with Gasteiger partial charge in [0.1, 0.15) is 7.60 Å². The smallest absolute Gasteiger partial charge is 0.143 e. The van der Waals surface area contributed by atoms with Crippen molar-refractivity contribution in [2.45, 2.75) is 19.6 Å². The highest BCUT2D eigenvalue weighted by Crippen LogP contribution is 2.43. The van der Waals surface area contributed by atoms with Crippen LogP contribution in [0.15, 0.2) is 5.11 Å². The number of hydrogen-bond donors (Lipinski definition) is 0. The van der Waals surface area contributed by atoms with E-state index in [0.717, 1.165) is 0 Å². The van der Waals surface area contributed by atoms with Crippen LogP contribution in [-0.4, -0.2) is 12.4 Å². The number of azide groups is 1. The summed E-state index contributed by atoms with van der Waals surface area (Å²) < 4.78 is 15.2. The van der Waals surface area contributed by atoms with Crippen molar-refractivity contribution in [1.29, 1.82) is 0 Å². The fourth-order valence-electron chi connectivity index (χ4n) is 0.426. The third kappa shape index (κ3) is 3.39. The van der Waals surface area contributed by atoms with E-state index in [1.807, 2.05) is 0 Å². The van der Waals surface area contributed by atoms with Gasteiger partial charge in [-0.05, 0) is 19.4 Å². The predicted octanol–water partition coefficient (Wildman–Crippen LogP) is 1.23. The lowest BCUT2D eigenvalue weighted by molar-refractivity contribution is -0.200. The molecule has 11 heavy (non-hydrogen) atoms. The van der Waals surface area contributed by atoms with Crippen LogP contribution in [0.4, 0.5) is 0 Å². The average molecular weight is 178 g/mol. The molecular weight excluding hydrogens is 169 g/mol. The van der Waals surface area contributed by atoms with Gasteiger partial charge in [0, 0.05) is 4.91 Å². The normalized spacial score (nSPS) is 18.1. The molecule has 0 amide bonds. The van der Waals surface area contributed by atoms with Crippen LogP contribution in [0.25, 0.3) is 10.4 Å². The molecule has 0 fully saturated rings. The molecule has 0 aromatic carbocycles.